The Balaban J connectivity index is 1.68. The highest BCUT2D eigenvalue weighted by Crippen LogP contribution is 2.36. The second kappa shape index (κ2) is 11.1. The number of nitrogens with zero attached hydrogens (tertiary/aromatic N) is 4. The van der Waals surface area contributed by atoms with E-state index in [-0.39, 0.29) is 18.2 Å². The van der Waals surface area contributed by atoms with Gasteiger partial charge < -0.3 is 14.4 Å². The van der Waals surface area contributed by atoms with Crippen LogP contribution in [0.4, 0.5) is 14.5 Å². The summed E-state index contributed by atoms with van der Waals surface area (Å²) in [5.41, 5.74) is 4.25. The number of ether oxygens (including phenoxy) is 2. The third kappa shape index (κ3) is 5.23. The molecule has 0 radical (unpaired) electrons. The number of hydrogen-bond acceptors (Lipinski definition) is 6. The highest BCUT2D eigenvalue weighted by molar-refractivity contribution is 6.00. The number of anilines is 1. The molecular weight excluding hydrogens is 502 g/mol. The lowest BCUT2D eigenvalue weighted by Crippen LogP contribution is -2.36. The molecule has 9 heteroatoms. The van der Waals surface area contributed by atoms with E-state index in [0.29, 0.717) is 17.4 Å². The van der Waals surface area contributed by atoms with Crippen molar-refractivity contribution in [3.05, 3.63) is 71.6 Å². The molecule has 1 fully saturated rings. The molecule has 0 unspecified atom stereocenters. The predicted molar refractivity (Wildman–Crippen MR) is 147 cm³/mol. The Morgan fingerprint density at radius 1 is 1.10 bits per heavy atom. The number of rotatable bonds is 7. The van der Waals surface area contributed by atoms with Crippen LogP contribution < -0.4 is 4.90 Å². The molecule has 1 aliphatic rings. The average Bonchev–Trinajstić information content (AvgIpc) is 3.34. The topological polar surface area (TPSA) is 69.5 Å². The predicted octanol–water partition coefficient (Wildman–Crippen LogP) is 6.28. The second-order valence-corrected chi connectivity index (χ2v) is 10.0. The number of carbonyl (C=O) groups is 1. The van der Waals surface area contributed by atoms with Crippen LogP contribution in [0.3, 0.4) is 0 Å². The molecule has 1 saturated heterocycles. The van der Waals surface area contributed by atoms with Crippen molar-refractivity contribution in [2.45, 2.75) is 45.6 Å². The van der Waals surface area contributed by atoms with Gasteiger partial charge in [-0.05, 0) is 67.1 Å². The number of benzene rings is 2. The van der Waals surface area contributed by atoms with E-state index in [1.165, 1.54) is 10.7 Å². The van der Waals surface area contributed by atoms with Crippen LogP contribution in [-0.4, -0.2) is 53.6 Å². The first-order valence-electron chi connectivity index (χ1n) is 13.3. The summed E-state index contributed by atoms with van der Waals surface area (Å²) in [6, 6.07) is 13.9. The average molecular weight is 535 g/mol. The molecule has 5 rings (SSSR count). The molecule has 0 amide bonds. The van der Waals surface area contributed by atoms with Gasteiger partial charge in [0.2, 0.25) is 0 Å². The maximum atomic E-state index is 14.2. The van der Waals surface area contributed by atoms with Gasteiger partial charge in [0.15, 0.2) is 23.0 Å². The van der Waals surface area contributed by atoms with Gasteiger partial charge >= 0.3 is 5.97 Å². The van der Waals surface area contributed by atoms with Crippen LogP contribution in [0.25, 0.3) is 27.8 Å². The smallest absolute Gasteiger partial charge is 0.357 e. The molecule has 39 heavy (non-hydrogen) atoms. The molecule has 4 aromatic rings. The van der Waals surface area contributed by atoms with Gasteiger partial charge in [0.05, 0.1) is 23.4 Å². The summed E-state index contributed by atoms with van der Waals surface area (Å²) >= 11 is 0. The van der Waals surface area contributed by atoms with E-state index in [0.717, 1.165) is 66.1 Å². The molecular formula is C30H32F2N4O3. The van der Waals surface area contributed by atoms with Crippen LogP contribution >= 0.6 is 0 Å². The van der Waals surface area contributed by atoms with Gasteiger partial charge in [0.25, 0.3) is 0 Å². The fraction of sp³-hybridized carbons (Fsp3) is 0.367. The van der Waals surface area contributed by atoms with Crippen molar-refractivity contribution in [1.29, 1.82) is 0 Å². The van der Waals surface area contributed by atoms with Crippen LogP contribution in [0.15, 0.2) is 48.5 Å². The summed E-state index contributed by atoms with van der Waals surface area (Å²) in [5, 5.41) is 5.51. The summed E-state index contributed by atoms with van der Waals surface area (Å²) in [6.45, 7) is 7.46. The summed E-state index contributed by atoms with van der Waals surface area (Å²) < 4.78 is 40.2. The Hall–Kier alpha value is -3.85. The summed E-state index contributed by atoms with van der Waals surface area (Å²) in [5.74, 6) is -2.52. The van der Waals surface area contributed by atoms with Gasteiger partial charge in [-0.3, -0.25) is 0 Å². The van der Waals surface area contributed by atoms with Crippen LogP contribution in [0.1, 0.15) is 55.7 Å². The standard InChI is InChI=1S/C30H32F2N4O3/c1-5-39-30(37)26-17-23(19-6-8-20(9-7-19)35(4)21-12-14-38-15-13-21)27-28(18(2)3)34-36(29(27)33-26)22-10-11-24(31)25(32)16-22/h6-11,16-18,21H,5,12-15H2,1-4H3. The lowest BCUT2D eigenvalue weighted by molar-refractivity contribution is 0.0520. The minimum absolute atomic E-state index is 0.00744. The molecule has 2 aromatic carbocycles. The summed E-state index contributed by atoms with van der Waals surface area (Å²) in [6.07, 6.45) is 1.96. The Bertz CT molecular complexity index is 1490. The lowest BCUT2D eigenvalue weighted by Gasteiger charge is -2.33. The van der Waals surface area contributed by atoms with Crippen molar-refractivity contribution >= 4 is 22.7 Å². The number of fused-ring (bicyclic) bond motifs is 1. The van der Waals surface area contributed by atoms with E-state index >= 15 is 0 Å². The lowest BCUT2D eigenvalue weighted by atomic mass is 9.97. The zero-order chi connectivity index (χ0) is 27.7. The SMILES string of the molecule is CCOC(=O)c1cc(-c2ccc(N(C)C3CCOCC3)cc2)c2c(C(C)C)nn(-c3ccc(F)c(F)c3)c2n1. The number of hydrogen-bond donors (Lipinski definition) is 0. The van der Waals surface area contributed by atoms with Gasteiger partial charge in [-0.15, -0.1) is 0 Å². The zero-order valence-corrected chi connectivity index (χ0v) is 22.6. The van der Waals surface area contributed by atoms with Gasteiger partial charge in [0.1, 0.15) is 0 Å². The number of pyridine rings is 1. The maximum absolute atomic E-state index is 14.2. The molecule has 7 nitrogen and oxygen atoms in total. The van der Waals surface area contributed by atoms with E-state index in [9.17, 15) is 13.6 Å². The molecule has 0 aliphatic carbocycles. The highest BCUT2D eigenvalue weighted by Gasteiger charge is 2.24. The van der Waals surface area contributed by atoms with Crippen molar-refractivity contribution in [2.24, 2.45) is 0 Å². The van der Waals surface area contributed by atoms with Crippen molar-refractivity contribution < 1.29 is 23.0 Å². The van der Waals surface area contributed by atoms with Crippen molar-refractivity contribution in [3.63, 3.8) is 0 Å². The third-order valence-corrected chi connectivity index (χ3v) is 7.17. The van der Waals surface area contributed by atoms with Crippen molar-refractivity contribution in [1.82, 2.24) is 14.8 Å². The van der Waals surface area contributed by atoms with Crippen LogP contribution in [0, 0.1) is 11.6 Å². The fourth-order valence-corrected chi connectivity index (χ4v) is 5.04. The minimum atomic E-state index is -0.992. The fourth-order valence-electron chi connectivity index (χ4n) is 5.04. The largest absolute Gasteiger partial charge is 0.461 e. The van der Waals surface area contributed by atoms with Crippen molar-refractivity contribution in [2.75, 3.05) is 31.8 Å². The third-order valence-electron chi connectivity index (χ3n) is 7.17. The maximum Gasteiger partial charge on any atom is 0.357 e. The molecule has 0 N–H and O–H groups in total. The van der Waals surface area contributed by atoms with Gasteiger partial charge in [-0.2, -0.15) is 5.10 Å². The Morgan fingerprint density at radius 2 is 1.82 bits per heavy atom. The van der Waals surface area contributed by atoms with Crippen LogP contribution in [-0.2, 0) is 9.47 Å². The van der Waals surface area contributed by atoms with E-state index in [1.54, 1.807) is 13.0 Å². The number of aromatic nitrogens is 3. The van der Waals surface area contributed by atoms with E-state index < -0.39 is 17.6 Å². The number of esters is 1. The van der Waals surface area contributed by atoms with Gasteiger partial charge in [-0.1, -0.05) is 26.0 Å². The Morgan fingerprint density at radius 3 is 2.46 bits per heavy atom. The van der Waals surface area contributed by atoms with Gasteiger partial charge in [-0.25, -0.2) is 23.2 Å². The molecule has 2 aromatic heterocycles. The normalized spacial score (nSPS) is 14.2. The van der Waals surface area contributed by atoms with Gasteiger partial charge in [0, 0.05) is 38.1 Å². The minimum Gasteiger partial charge on any atom is -0.461 e. The molecule has 204 valence electrons. The molecule has 0 bridgehead atoms. The molecule has 0 atom stereocenters. The molecule has 3 heterocycles. The van der Waals surface area contributed by atoms with E-state index in [1.807, 2.05) is 26.0 Å². The first-order chi connectivity index (χ1) is 18.8. The van der Waals surface area contributed by atoms with E-state index in [4.69, 9.17) is 14.6 Å². The number of carbonyl (C=O) groups excluding carboxylic acids is 1. The first-order valence-corrected chi connectivity index (χ1v) is 13.3. The molecule has 1 aliphatic heterocycles. The van der Waals surface area contributed by atoms with E-state index in [2.05, 4.69) is 29.1 Å². The Labute approximate surface area is 226 Å². The summed E-state index contributed by atoms with van der Waals surface area (Å²) in [7, 11) is 2.09. The Kier molecular flexibility index (Phi) is 7.61. The quantitative estimate of drug-likeness (QED) is 0.260. The van der Waals surface area contributed by atoms with Crippen LogP contribution in [0.2, 0.25) is 0 Å². The summed E-state index contributed by atoms with van der Waals surface area (Å²) in [4.78, 5) is 19.7. The first kappa shape index (κ1) is 26.7. The van der Waals surface area contributed by atoms with Crippen molar-refractivity contribution in [3.8, 4) is 16.8 Å². The van der Waals surface area contributed by atoms with Crippen LogP contribution in [0.5, 0.6) is 0 Å². The second-order valence-electron chi connectivity index (χ2n) is 10.0. The zero-order valence-electron chi connectivity index (χ0n) is 22.6. The highest BCUT2D eigenvalue weighted by atomic mass is 19.2. The molecule has 0 saturated carbocycles. The monoisotopic (exact) mass is 534 g/mol. The number of halogens is 2. The molecule has 0 spiro atoms.